The minimum atomic E-state index is -0.943. The zero-order chi connectivity index (χ0) is 13.2. The van der Waals surface area contributed by atoms with Crippen molar-refractivity contribution in [3.8, 4) is 0 Å². The van der Waals surface area contributed by atoms with Gasteiger partial charge in [-0.1, -0.05) is 13.8 Å². The van der Waals surface area contributed by atoms with E-state index in [0.29, 0.717) is 0 Å². The number of carbonyl (C=O) groups is 3. The molecule has 6 nitrogen and oxygen atoms in total. The first kappa shape index (κ1) is 13.5. The van der Waals surface area contributed by atoms with Crippen LogP contribution in [0.5, 0.6) is 0 Å². The molecule has 0 aliphatic heterocycles. The molecular weight excluding hydrogens is 224 g/mol. The Hall–Kier alpha value is -1.59. The van der Waals surface area contributed by atoms with Gasteiger partial charge in [0, 0.05) is 20.0 Å². The second-order valence-electron chi connectivity index (χ2n) is 4.83. The molecule has 1 rings (SSSR count). The number of aliphatic carboxylic acids is 1. The Labute approximate surface area is 99.8 Å². The maximum atomic E-state index is 11.7. The Morgan fingerprint density at radius 3 is 2.24 bits per heavy atom. The van der Waals surface area contributed by atoms with E-state index >= 15 is 0 Å². The first-order chi connectivity index (χ1) is 7.82. The number of nitrogens with one attached hydrogen (secondary N) is 2. The molecule has 0 aromatic carbocycles. The van der Waals surface area contributed by atoms with Crippen molar-refractivity contribution >= 4 is 17.8 Å². The van der Waals surface area contributed by atoms with E-state index in [0.717, 1.165) is 0 Å². The summed E-state index contributed by atoms with van der Waals surface area (Å²) in [5.41, 5.74) is -0.497. The van der Waals surface area contributed by atoms with E-state index in [1.54, 1.807) is 13.8 Å². The number of carboxylic acids is 1. The second kappa shape index (κ2) is 4.73. The van der Waals surface area contributed by atoms with E-state index in [1.807, 2.05) is 0 Å². The Kier molecular flexibility index (Phi) is 3.75. The predicted octanol–water partition coefficient (Wildman–Crippen LogP) is -0.404. The predicted molar refractivity (Wildman–Crippen MR) is 60.1 cm³/mol. The minimum Gasteiger partial charge on any atom is -0.481 e. The second-order valence-corrected chi connectivity index (χ2v) is 4.83. The molecule has 1 fully saturated rings. The van der Waals surface area contributed by atoms with E-state index in [9.17, 15) is 14.4 Å². The van der Waals surface area contributed by atoms with Crippen LogP contribution in [0, 0.1) is 17.3 Å². The largest absolute Gasteiger partial charge is 0.481 e. The summed E-state index contributed by atoms with van der Waals surface area (Å²) >= 11 is 0. The van der Waals surface area contributed by atoms with Crippen molar-refractivity contribution in [1.82, 2.24) is 10.6 Å². The van der Waals surface area contributed by atoms with Crippen LogP contribution in [0.2, 0.25) is 0 Å². The van der Waals surface area contributed by atoms with Crippen molar-refractivity contribution in [2.45, 2.75) is 20.3 Å². The highest BCUT2D eigenvalue weighted by molar-refractivity contribution is 5.91. The van der Waals surface area contributed by atoms with Crippen LogP contribution in [-0.2, 0) is 14.4 Å². The van der Waals surface area contributed by atoms with E-state index < -0.39 is 23.2 Å². The van der Waals surface area contributed by atoms with Gasteiger partial charge >= 0.3 is 5.97 Å². The molecule has 0 aromatic rings. The van der Waals surface area contributed by atoms with Crippen molar-refractivity contribution in [1.29, 1.82) is 0 Å². The maximum Gasteiger partial charge on any atom is 0.307 e. The molecule has 1 aliphatic rings. The molecule has 0 bridgehead atoms. The van der Waals surface area contributed by atoms with E-state index in [2.05, 4.69) is 10.6 Å². The van der Waals surface area contributed by atoms with Gasteiger partial charge in [0.15, 0.2) is 0 Å². The lowest BCUT2D eigenvalue weighted by atomic mass is 10.1. The van der Waals surface area contributed by atoms with Crippen LogP contribution in [-0.4, -0.2) is 36.5 Å². The Morgan fingerprint density at radius 2 is 1.82 bits per heavy atom. The molecule has 0 radical (unpaired) electrons. The van der Waals surface area contributed by atoms with Crippen LogP contribution >= 0.6 is 0 Å². The molecule has 96 valence electrons. The molecule has 0 aromatic heterocycles. The summed E-state index contributed by atoms with van der Waals surface area (Å²) in [6.07, 6.45) is 0.202. The Bertz CT molecular complexity index is 351. The number of carboxylic acid groups (broad SMARTS) is 1. The molecular formula is C11H18N2O4. The average molecular weight is 242 g/mol. The normalized spacial score (nSPS) is 24.9. The van der Waals surface area contributed by atoms with Crippen molar-refractivity contribution in [3.05, 3.63) is 0 Å². The molecule has 0 saturated heterocycles. The van der Waals surface area contributed by atoms with Gasteiger partial charge < -0.3 is 15.7 Å². The topological polar surface area (TPSA) is 95.5 Å². The third-order valence-electron chi connectivity index (χ3n) is 3.31. The van der Waals surface area contributed by atoms with E-state index in [-0.39, 0.29) is 24.8 Å². The maximum absolute atomic E-state index is 11.7. The first-order valence-electron chi connectivity index (χ1n) is 5.53. The van der Waals surface area contributed by atoms with E-state index in [1.165, 1.54) is 7.05 Å². The highest BCUT2D eigenvalue weighted by Gasteiger charge is 2.65. The lowest BCUT2D eigenvalue weighted by Gasteiger charge is -2.05. The number of hydrogen-bond acceptors (Lipinski definition) is 3. The Morgan fingerprint density at radius 1 is 1.24 bits per heavy atom. The molecule has 6 heteroatoms. The smallest absolute Gasteiger partial charge is 0.307 e. The standard InChI is InChI=1S/C11H18N2O4/c1-11(2)7(8(11)10(16)17)9(15)13-5-4-6(14)12-3/h7-8H,4-5H2,1-3H3,(H,12,14)(H,13,15)(H,16,17)/t7-,8+/m1/s1. The highest BCUT2D eigenvalue weighted by Crippen LogP contribution is 2.58. The third-order valence-corrected chi connectivity index (χ3v) is 3.31. The molecule has 0 unspecified atom stereocenters. The number of carbonyl (C=O) groups excluding carboxylic acids is 2. The molecule has 2 amide bonds. The summed E-state index contributed by atoms with van der Waals surface area (Å²) in [5.74, 6) is -2.50. The first-order valence-corrected chi connectivity index (χ1v) is 5.53. The van der Waals surface area contributed by atoms with Crippen molar-refractivity contribution in [2.24, 2.45) is 17.3 Å². The SMILES string of the molecule is CNC(=O)CCNC(=O)[C@H]1[C@@H](C(=O)O)C1(C)C. The molecule has 0 spiro atoms. The van der Waals surface area contributed by atoms with Crippen LogP contribution in [0.4, 0.5) is 0 Å². The monoisotopic (exact) mass is 242 g/mol. The summed E-state index contributed by atoms with van der Waals surface area (Å²) in [5, 5.41) is 13.9. The van der Waals surface area contributed by atoms with Crippen LogP contribution in [0.3, 0.4) is 0 Å². The lowest BCUT2D eigenvalue weighted by Crippen LogP contribution is -2.31. The van der Waals surface area contributed by atoms with Crippen molar-refractivity contribution in [2.75, 3.05) is 13.6 Å². The summed E-state index contributed by atoms with van der Waals surface area (Å²) in [6, 6.07) is 0. The fourth-order valence-corrected chi connectivity index (χ4v) is 2.12. The fourth-order valence-electron chi connectivity index (χ4n) is 2.12. The summed E-state index contributed by atoms with van der Waals surface area (Å²) < 4.78 is 0. The highest BCUT2D eigenvalue weighted by atomic mass is 16.4. The van der Waals surface area contributed by atoms with Crippen LogP contribution in [0.15, 0.2) is 0 Å². The molecule has 17 heavy (non-hydrogen) atoms. The van der Waals surface area contributed by atoms with Gasteiger partial charge in [-0.05, 0) is 5.41 Å². The van der Waals surface area contributed by atoms with Gasteiger partial charge in [-0.25, -0.2) is 0 Å². The lowest BCUT2D eigenvalue weighted by molar-refractivity contribution is -0.140. The summed E-state index contributed by atoms with van der Waals surface area (Å²) in [7, 11) is 1.52. The zero-order valence-electron chi connectivity index (χ0n) is 10.2. The molecule has 1 saturated carbocycles. The molecule has 3 N–H and O–H groups in total. The molecule has 2 atom stereocenters. The number of rotatable bonds is 5. The molecule has 1 aliphatic carbocycles. The van der Waals surface area contributed by atoms with Gasteiger partial charge in [-0.15, -0.1) is 0 Å². The van der Waals surface area contributed by atoms with Crippen LogP contribution in [0.1, 0.15) is 20.3 Å². The average Bonchev–Trinajstić information content (AvgIpc) is 2.81. The van der Waals surface area contributed by atoms with Gasteiger partial charge in [0.25, 0.3) is 0 Å². The van der Waals surface area contributed by atoms with E-state index in [4.69, 9.17) is 5.11 Å². The van der Waals surface area contributed by atoms with Crippen molar-refractivity contribution in [3.63, 3.8) is 0 Å². The van der Waals surface area contributed by atoms with Gasteiger partial charge in [-0.2, -0.15) is 0 Å². The van der Waals surface area contributed by atoms with Crippen LogP contribution < -0.4 is 10.6 Å². The summed E-state index contributed by atoms with van der Waals surface area (Å²) in [6.45, 7) is 3.75. The fraction of sp³-hybridized carbons (Fsp3) is 0.727. The van der Waals surface area contributed by atoms with Gasteiger partial charge in [-0.3, -0.25) is 14.4 Å². The van der Waals surface area contributed by atoms with Crippen LogP contribution in [0.25, 0.3) is 0 Å². The molecule has 0 heterocycles. The minimum absolute atomic E-state index is 0.157. The van der Waals surface area contributed by atoms with Gasteiger partial charge in [0.1, 0.15) is 0 Å². The third kappa shape index (κ3) is 2.75. The summed E-state index contributed by atoms with van der Waals surface area (Å²) in [4.78, 5) is 33.5. The zero-order valence-corrected chi connectivity index (χ0v) is 10.2. The van der Waals surface area contributed by atoms with Crippen molar-refractivity contribution < 1.29 is 19.5 Å². The Balaban J connectivity index is 2.40. The number of amides is 2. The quantitative estimate of drug-likeness (QED) is 0.611. The van der Waals surface area contributed by atoms with Gasteiger partial charge in [0.05, 0.1) is 11.8 Å². The number of hydrogen-bond donors (Lipinski definition) is 3. The van der Waals surface area contributed by atoms with Gasteiger partial charge in [0.2, 0.25) is 11.8 Å².